The van der Waals surface area contributed by atoms with E-state index in [1.165, 1.54) is 0 Å². The summed E-state index contributed by atoms with van der Waals surface area (Å²) in [6.07, 6.45) is -0.682. The second-order valence-electron chi connectivity index (χ2n) is 4.44. The molecule has 100 valence electrons. The minimum Gasteiger partial charge on any atom is -0.493 e. The Labute approximate surface area is 122 Å². The second-order valence-corrected chi connectivity index (χ2v) is 5.35. The molecule has 2 aromatic carbocycles. The van der Waals surface area contributed by atoms with Gasteiger partial charge in [0.25, 0.3) is 0 Å². The van der Waals surface area contributed by atoms with Gasteiger partial charge in [-0.3, -0.25) is 0 Å². The van der Waals surface area contributed by atoms with Gasteiger partial charge in [-0.15, -0.1) is 0 Å². The van der Waals surface area contributed by atoms with E-state index < -0.39 is 6.10 Å². The minimum absolute atomic E-state index is 0.585. The summed E-state index contributed by atoms with van der Waals surface area (Å²) in [5, 5.41) is 10.5. The Morgan fingerprint density at radius 1 is 1.21 bits per heavy atom. The van der Waals surface area contributed by atoms with Crippen molar-refractivity contribution < 1.29 is 9.84 Å². The zero-order chi connectivity index (χ0) is 13.8. The van der Waals surface area contributed by atoms with Crippen LogP contribution in [-0.2, 0) is 0 Å². The minimum atomic E-state index is -0.682. The first-order valence-electron chi connectivity index (χ1n) is 6.28. The molecule has 0 amide bonds. The third-order valence-corrected chi connectivity index (χ3v) is 3.35. The van der Waals surface area contributed by atoms with Gasteiger partial charge in [-0.1, -0.05) is 40.2 Å². The fourth-order valence-corrected chi connectivity index (χ4v) is 2.72. The third kappa shape index (κ3) is 3.37. The smallest absolute Gasteiger partial charge is 0.125 e. The number of halogens is 1. The van der Waals surface area contributed by atoms with Crippen molar-refractivity contribution in [3.8, 4) is 5.75 Å². The van der Waals surface area contributed by atoms with E-state index >= 15 is 0 Å². The van der Waals surface area contributed by atoms with Gasteiger partial charge in [0.2, 0.25) is 0 Å². The van der Waals surface area contributed by atoms with E-state index in [9.17, 15) is 5.11 Å². The summed E-state index contributed by atoms with van der Waals surface area (Å²) in [4.78, 5) is 0. The predicted octanol–water partition coefficient (Wildman–Crippen LogP) is 4.24. The number of ether oxygens (including phenoxy) is 1. The first-order chi connectivity index (χ1) is 9.11. The molecule has 19 heavy (non-hydrogen) atoms. The first-order valence-corrected chi connectivity index (χ1v) is 7.08. The van der Waals surface area contributed by atoms with Crippen molar-refractivity contribution in [1.82, 2.24) is 0 Å². The molecule has 0 aliphatic heterocycles. The van der Waals surface area contributed by atoms with E-state index in [0.717, 1.165) is 26.9 Å². The average molecular weight is 321 g/mol. The highest BCUT2D eigenvalue weighted by molar-refractivity contribution is 9.10. The lowest BCUT2D eigenvalue weighted by atomic mass is 9.99. The van der Waals surface area contributed by atoms with Crippen molar-refractivity contribution in [3.63, 3.8) is 0 Å². The molecule has 0 heterocycles. The van der Waals surface area contributed by atoms with Gasteiger partial charge in [0.1, 0.15) is 11.9 Å². The maximum Gasteiger partial charge on any atom is 0.125 e. The van der Waals surface area contributed by atoms with Crippen molar-refractivity contribution in [2.75, 3.05) is 6.61 Å². The van der Waals surface area contributed by atoms with Gasteiger partial charge in [-0.2, -0.15) is 0 Å². The fourth-order valence-electron chi connectivity index (χ4n) is 2.10. The number of hydrogen-bond acceptors (Lipinski definition) is 2. The molecule has 2 aromatic rings. The van der Waals surface area contributed by atoms with Crippen LogP contribution in [0.25, 0.3) is 0 Å². The van der Waals surface area contributed by atoms with Crippen LogP contribution in [0.5, 0.6) is 5.75 Å². The number of benzene rings is 2. The molecule has 1 atom stereocenters. The molecule has 0 saturated heterocycles. The molecule has 3 heteroatoms. The van der Waals surface area contributed by atoms with Crippen molar-refractivity contribution in [2.45, 2.75) is 20.0 Å². The van der Waals surface area contributed by atoms with Gasteiger partial charge in [0.15, 0.2) is 0 Å². The summed E-state index contributed by atoms with van der Waals surface area (Å²) < 4.78 is 6.54. The van der Waals surface area contributed by atoms with Gasteiger partial charge in [-0.25, -0.2) is 0 Å². The Balaban J connectivity index is 2.40. The quantitative estimate of drug-likeness (QED) is 0.913. The largest absolute Gasteiger partial charge is 0.493 e. The maximum absolute atomic E-state index is 10.5. The summed E-state index contributed by atoms with van der Waals surface area (Å²) >= 11 is 3.46. The van der Waals surface area contributed by atoms with E-state index in [1.807, 2.05) is 56.3 Å². The number of aryl methyl sites for hydroxylation is 1. The Bertz CT molecular complexity index is 546. The molecule has 0 aromatic heterocycles. The van der Waals surface area contributed by atoms with Crippen molar-refractivity contribution in [1.29, 1.82) is 0 Å². The summed E-state index contributed by atoms with van der Waals surface area (Å²) in [6, 6.07) is 13.5. The lowest BCUT2D eigenvalue weighted by Crippen LogP contribution is -2.04. The number of aliphatic hydroxyl groups is 1. The van der Waals surface area contributed by atoms with Gasteiger partial charge in [-0.05, 0) is 43.2 Å². The third-order valence-electron chi connectivity index (χ3n) is 2.89. The zero-order valence-corrected chi connectivity index (χ0v) is 12.6. The summed E-state index contributed by atoms with van der Waals surface area (Å²) in [5.74, 6) is 0.732. The van der Waals surface area contributed by atoms with Crippen LogP contribution in [0.3, 0.4) is 0 Å². The van der Waals surface area contributed by atoms with E-state index in [0.29, 0.717) is 6.61 Å². The van der Waals surface area contributed by atoms with E-state index in [2.05, 4.69) is 15.9 Å². The highest BCUT2D eigenvalue weighted by Gasteiger charge is 2.15. The van der Waals surface area contributed by atoms with E-state index in [-0.39, 0.29) is 0 Å². The maximum atomic E-state index is 10.5. The Hall–Kier alpha value is -1.32. The number of aliphatic hydroxyl groups excluding tert-OH is 1. The molecular weight excluding hydrogens is 304 g/mol. The first kappa shape index (κ1) is 14.1. The Kier molecular flexibility index (Phi) is 4.61. The predicted molar refractivity (Wildman–Crippen MR) is 80.6 cm³/mol. The van der Waals surface area contributed by atoms with Gasteiger partial charge in [0, 0.05) is 10.0 Å². The van der Waals surface area contributed by atoms with Crippen LogP contribution in [0.2, 0.25) is 0 Å². The van der Waals surface area contributed by atoms with Gasteiger partial charge >= 0.3 is 0 Å². The van der Waals surface area contributed by atoms with Crippen LogP contribution in [0.4, 0.5) is 0 Å². The SMILES string of the molecule is CCOc1ccccc1C(O)c1cc(C)cc(Br)c1. The molecule has 0 spiro atoms. The highest BCUT2D eigenvalue weighted by atomic mass is 79.9. The van der Waals surface area contributed by atoms with Crippen LogP contribution >= 0.6 is 15.9 Å². The molecule has 0 aliphatic carbocycles. The van der Waals surface area contributed by atoms with Crippen molar-refractivity contribution in [2.24, 2.45) is 0 Å². The fraction of sp³-hybridized carbons (Fsp3) is 0.250. The summed E-state index contributed by atoms with van der Waals surface area (Å²) in [6.45, 7) is 4.53. The van der Waals surface area contributed by atoms with E-state index in [1.54, 1.807) is 0 Å². The topological polar surface area (TPSA) is 29.5 Å². The molecule has 0 saturated carbocycles. The second kappa shape index (κ2) is 6.22. The molecule has 0 radical (unpaired) electrons. The molecule has 1 unspecified atom stereocenters. The standard InChI is InChI=1S/C16H17BrO2/c1-3-19-15-7-5-4-6-14(15)16(18)12-8-11(2)9-13(17)10-12/h4-10,16,18H,3H2,1-2H3. The molecule has 0 aliphatic rings. The average Bonchev–Trinajstić information content (AvgIpc) is 2.38. The van der Waals surface area contributed by atoms with Crippen molar-refractivity contribution >= 4 is 15.9 Å². The summed E-state index contributed by atoms with van der Waals surface area (Å²) in [7, 11) is 0. The monoisotopic (exact) mass is 320 g/mol. The Morgan fingerprint density at radius 3 is 2.63 bits per heavy atom. The molecule has 2 nitrogen and oxygen atoms in total. The van der Waals surface area contributed by atoms with Crippen LogP contribution in [0.15, 0.2) is 46.9 Å². The molecule has 0 fully saturated rings. The van der Waals surface area contributed by atoms with Crippen LogP contribution in [-0.4, -0.2) is 11.7 Å². The number of para-hydroxylation sites is 1. The zero-order valence-electron chi connectivity index (χ0n) is 11.1. The van der Waals surface area contributed by atoms with E-state index in [4.69, 9.17) is 4.74 Å². The molecule has 2 rings (SSSR count). The van der Waals surface area contributed by atoms with Crippen LogP contribution < -0.4 is 4.74 Å². The number of hydrogen-bond donors (Lipinski definition) is 1. The van der Waals surface area contributed by atoms with Gasteiger partial charge < -0.3 is 9.84 Å². The van der Waals surface area contributed by atoms with Crippen molar-refractivity contribution in [3.05, 3.63) is 63.6 Å². The lowest BCUT2D eigenvalue weighted by molar-refractivity contribution is 0.212. The van der Waals surface area contributed by atoms with Crippen LogP contribution in [0.1, 0.15) is 29.7 Å². The molecular formula is C16H17BrO2. The normalized spacial score (nSPS) is 12.2. The highest BCUT2D eigenvalue weighted by Crippen LogP contribution is 2.31. The summed E-state index contributed by atoms with van der Waals surface area (Å²) in [5.41, 5.74) is 2.76. The molecule has 1 N–H and O–H groups in total. The lowest BCUT2D eigenvalue weighted by Gasteiger charge is -2.16. The van der Waals surface area contributed by atoms with Gasteiger partial charge in [0.05, 0.1) is 6.61 Å². The Morgan fingerprint density at radius 2 is 1.95 bits per heavy atom. The van der Waals surface area contributed by atoms with Crippen LogP contribution in [0, 0.1) is 6.92 Å². The molecule has 0 bridgehead atoms. The number of rotatable bonds is 4.